The summed E-state index contributed by atoms with van der Waals surface area (Å²) in [6.07, 6.45) is 2.89. The molecule has 1 rings (SSSR count). The van der Waals surface area contributed by atoms with E-state index in [-0.39, 0.29) is 0 Å². The van der Waals surface area contributed by atoms with Crippen LogP contribution in [0.15, 0.2) is 43.0 Å². The predicted octanol–water partition coefficient (Wildman–Crippen LogP) is 2.45. The fourth-order valence-electron chi connectivity index (χ4n) is 0.781. The van der Waals surface area contributed by atoms with E-state index in [4.69, 9.17) is 10.5 Å². The zero-order valence-corrected chi connectivity index (χ0v) is 7.27. The lowest BCUT2D eigenvalue weighted by Gasteiger charge is -1.91. The van der Waals surface area contributed by atoms with Crippen molar-refractivity contribution < 1.29 is 0 Å². The third-order valence-electron chi connectivity index (χ3n) is 1.27. The first kappa shape index (κ1) is 10.9. The summed E-state index contributed by atoms with van der Waals surface area (Å²) in [4.78, 5) is 0. The first-order valence-corrected chi connectivity index (χ1v) is 3.78. The molecule has 0 fully saturated rings. The molecule has 0 amide bonds. The zero-order valence-electron chi connectivity index (χ0n) is 7.27. The second-order valence-corrected chi connectivity index (χ2v) is 2.20. The van der Waals surface area contributed by atoms with Crippen LogP contribution in [0.2, 0.25) is 0 Å². The highest BCUT2D eigenvalue weighted by Crippen LogP contribution is 1.98. The van der Waals surface area contributed by atoms with Gasteiger partial charge in [0.2, 0.25) is 0 Å². The molecule has 2 nitrogen and oxygen atoms in total. The van der Waals surface area contributed by atoms with Crippen LogP contribution in [0.1, 0.15) is 5.56 Å². The molecule has 0 aliphatic carbocycles. The normalized spacial score (nSPS) is 6.92. The average Bonchev–Trinajstić information content (AvgIpc) is 2.20. The molecule has 0 heterocycles. The topological polar surface area (TPSA) is 47.6 Å². The number of allylic oxidation sites excluding steroid dienone is 1. The number of nitriles is 2. The number of hydrogen-bond donors (Lipinski definition) is 0. The third-order valence-corrected chi connectivity index (χ3v) is 1.27. The smallest absolute Gasteiger partial charge is 0.181 e. The number of hydrogen-bond acceptors (Lipinski definition) is 2. The third kappa shape index (κ3) is 6.34. The Morgan fingerprint density at radius 2 is 1.69 bits per heavy atom. The molecule has 64 valence electrons. The molecule has 0 saturated carbocycles. The van der Waals surface area contributed by atoms with E-state index in [2.05, 4.69) is 18.7 Å². The van der Waals surface area contributed by atoms with E-state index in [0.29, 0.717) is 0 Å². The van der Waals surface area contributed by atoms with E-state index in [1.54, 1.807) is 0 Å². The van der Waals surface area contributed by atoms with E-state index in [0.717, 1.165) is 6.42 Å². The fourth-order valence-corrected chi connectivity index (χ4v) is 0.781. The standard InChI is InChI=1S/C9H10.C2N2/c1-2-6-9-7-4-3-5-8-9;3-1-2-4/h2-5,7-8H,1,6H2;. The lowest BCUT2D eigenvalue weighted by molar-refractivity contribution is 1.28. The average molecular weight is 170 g/mol. The Kier molecular flexibility index (Phi) is 6.77. The van der Waals surface area contributed by atoms with Crippen molar-refractivity contribution in [1.29, 1.82) is 10.5 Å². The summed E-state index contributed by atoms with van der Waals surface area (Å²) in [7, 11) is 0. The molecule has 0 bridgehead atoms. The summed E-state index contributed by atoms with van der Waals surface area (Å²) < 4.78 is 0. The van der Waals surface area contributed by atoms with Crippen molar-refractivity contribution in [3.63, 3.8) is 0 Å². The largest absolute Gasteiger partial charge is 0.181 e. The minimum Gasteiger partial charge on any atom is -0.181 e. The quantitative estimate of drug-likeness (QED) is 0.640. The van der Waals surface area contributed by atoms with Gasteiger partial charge in [-0.05, 0) is 12.0 Å². The van der Waals surface area contributed by atoms with Crippen molar-refractivity contribution in [1.82, 2.24) is 0 Å². The summed E-state index contributed by atoms with van der Waals surface area (Å²) in [6.45, 7) is 3.66. The molecule has 2 heteroatoms. The summed E-state index contributed by atoms with van der Waals surface area (Å²) in [5.41, 5.74) is 1.33. The van der Waals surface area contributed by atoms with Gasteiger partial charge in [0.1, 0.15) is 0 Å². The monoisotopic (exact) mass is 170 g/mol. The van der Waals surface area contributed by atoms with Crippen LogP contribution in [0.25, 0.3) is 0 Å². The maximum Gasteiger partial charge on any atom is 0.181 e. The lowest BCUT2D eigenvalue weighted by Crippen LogP contribution is -1.75. The Morgan fingerprint density at radius 1 is 1.15 bits per heavy atom. The summed E-state index contributed by atoms with van der Waals surface area (Å²) in [5.74, 6) is 0. The van der Waals surface area contributed by atoms with E-state index in [1.165, 1.54) is 17.7 Å². The first-order chi connectivity index (χ1) is 6.35. The van der Waals surface area contributed by atoms with Gasteiger partial charge in [-0.25, -0.2) is 0 Å². The fraction of sp³-hybridized carbons (Fsp3) is 0.0909. The molecule has 0 atom stereocenters. The molecule has 13 heavy (non-hydrogen) atoms. The van der Waals surface area contributed by atoms with E-state index in [1.807, 2.05) is 24.3 Å². The summed E-state index contributed by atoms with van der Waals surface area (Å²) in [5, 5.41) is 14.5. The van der Waals surface area contributed by atoms with Crippen LogP contribution in [-0.2, 0) is 6.42 Å². The number of rotatable bonds is 2. The van der Waals surface area contributed by atoms with Crippen molar-refractivity contribution in [2.45, 2.75) is 6.42 Å². The number of benzene rings is 1. The van der Waals surface area contributed by atoms with Crippen LogP contribution < -0.4 is 0 Å². The van der Waals surface area contributed by atoms with E-state index in [9.17, 15) is 0 Å². The van der Waals surface area contributed by atoms with Crippen molar-refractivity contribution >= 4 is 0 Å². The molecule has 0 saturated heterocycles. The maximum absolute atomic E-state index is 7.26. The maximum atomic E-state index is 7.26. The van der Waals surface area contributed by atoms with Crippen LogP contribution in [0, 0.1) is 22.7 Å². The van der Waals surface area contributed by atoms with Gasteiger partial charge in [-0.1, -0.05) is 36.4 Å². The van der Waals surface area contributed by atoms with Gasteiger partial charge in [-0.2, -0.15) is 10.5 Å². The highest BCUT2D eigenvalue weighted by atomic mass is 14.3. The Bertz CT molecular complexity index is 302. The molecule has 0 aliphatic heterocycles. The van der Waals surface area contributed by atoms with Crippen LogP contribution >= 0.6 is 0 Å². The molecule has 1 aromatic carbocycles. The number of nitrogens with zero attached hydrogens (tertiary/aromatic N) is 2. The van der Waals surface area contributed by atoms with Crippen molar-refractivity contribution in [3.8, 4) is 12.1 Å². The molecule has 0 unspecified atom stereocenters. The van der Waals surface area contributed by atoms with Crippen molar-refractivity contribution in [3.05, 3.63) is 48.6 Å². The molecule has 0 aliphatic rings. The van der Waals surface area contributed by atoms with Crippen molar-refractivity contribution in [2.75, 3.05) is 0 Å². The minimum absolute atomic E-state index is 0.973. The van der Waals surface area contributed by atoms with Gasteiger partial charge in [0.05, 0.1) is 0 Å². The predicted molar refractivity (Wildman–Crippen MR) is 51.6 cm³/mol. The molecule has 0 radical (unpaired) electrons. The van der Waals surface area contributed by atoms with E-state index >= 15 is 0 Å². The second-order valence-electron chi connectivity index (χ2n) is 2.20. The Morgan fingerprint density at radius 3 is 2.08 bits per heavy atom. The van der Waals surface area contributed by atoms with Crippen LogP contribution in [0.3, 0.4) is 0 Å². The highest BCUT2D eigenvalue weighted by Gasteiger charge is 1.82. The van der Waals surface area contributed by atoms with Gasteiger partial charge >= 0.3 is 0 Å². The van der Waals surface area contributed by atoms with Crippen LogP contribution in [-0.4, -0.2) is 0 Å². The molecular formula is C11H10N2. The SMILES string of the molecule is C=CCc1ccccc1.N#CC#N. The van der Waals surface area contributed by atoms with Gasteiger partial charge in [0.25, 0.3) is 0 Å². The second kappa shape index (κ2) is 8.04. The molecule has 1 aromatic rings. The first-order valence-electron chi connectivity index (χ1n) is 3.78. The highest BCUT2D eigenvalue weighted by molar-refractivity contribution is 5.16. The minimum atomic E-state index is 0.973. The van der Waals surface area contributed by atoms with Gasteiger partial charge in [0.15, 0.2) is 12.1 Å². The molecule has 0 aromatic heterocycles. The Hall–Kier alpha value is -2.06. The lowest BCUT2D eigenvalue weighted by atomic mass is 10.2. The van der Waals surface area contributed by atoms with Crippen LogP contribution in [0.5, 0.6) is 0 Å². The van der Waals surface area contributed by atoms with Gasteiger partial charge in [0, 0.05) is 0 Å². The molecule has 0 N–H and O–H groups in total. The Balaban J connectivity index is 0.000000310. The van der Waals surface area contributed by atoms with Gasteiger partial charge in [-0.3, -0.25) is 0 Å². The Labute approximate surface area is 78.4 Å². The van der Waals surface area contributed by atoms with Crippen LogP contribution in [0.4, 0.5) is 0 Å². The zero-order chi connectivity index (χ0) is 9.94. The molecule has 0 spiro atoms. The summed E-state index contributed by atoms with van der Waals surface area (Å²) >= 11 is 0. The van der Waals surface area contributed by atoms with E-state index < -0.39 is 0 Å². The summed E-state index contributed by atoms with van der Waals surface area (Å²) in [6, 6.07) is 12.8. The van der Waals surface area contributed by atoms with Gasteiger partial charge < -0.3 is 0 Å². The van der Waals surface area contributed by atoms with Crippen molar-refractivity contribution in [2.24, 2.45) is 0 Å². The van der Waals surface area contributed by atoms with Gasteiger partial charge in [-0.15, -0.1) is 6.58 Å². The molecular weight excluding hydrogens is 160 g/mol.